The highest BCUT2D eigenvalue weighted by molar-refractivity contribution is 5.61. The van der Waals surface area contributed by atoms with Crippen LogP contribution in [0, 0.1) is 15.9 Å². The van der Waals surface area contributed by atoms with Gasteiger partial charge in [-0.05, 0) is 12.1 Å². The van der Waals surface area contributed by atoms with Crippen LogP contribution in [0.5, 0.6) is 0 Å². The number of benzene rings is 1. The number of rotatable bonds is 4. The zero-order chi connectivity index (χ0) is 12.3. The molecule has 0 unspecified atom stereocenters. The Morgan fingerprint density at radius 3 is 3.00 bits per heavy atom. The molecular weight excluding hydrogens is 227 g/mol. The molecule has 2 N–H and O–H groups in total. The van der Waals surface area contributed by atoms with Gasteiger partial charge in [-0.25, -0.2) is 4.98 Å². The highest BCUT2D eigenvalue weighted by atomic mass is 19.1. The fourth-order valence-corrected chi connectivity index (χ4v) is 1.42. The summed E-state index contributed by atoms with van der Waals surface area (Å²) in [5.41, 5.74) is -0.426. The fraction of sp³-hybridized carbons (Fsp3) is 0.100. The predicted molar refractivity (Wildman–Crippen MR) is 59.0 cm³/mol. The van der Waals surface area contributed by atoms with Crippen LogP contribution >= 0.6 is 0 Å². The maximum absolute atomic E-state index is 13.3. The van der Waals surface area contributed by atoms with Crippen LogP contribution in [0.4, 0.5) is 15.8 Å². The number of imidazole rings is 1. The highest BCUT2D eigenvalue weighted by Crippen LogP contribution is 2.27. The number of hydrogen-bond donors (Lipinski definition) is 2. The van der Waals surface area contributed by atoms with Crippen molar-refractivity contribution in [2.75, 3.05) is 5.32 Å². The van der Waals surface area contributed by atoms with Crippen LogP contribution in [0.3, 0.4) is 0 Å². The first-order valence-corrected chi connectivity index (χ1v) is 4.83. The Hall–Kier alpha value is -2.44. The molecule has 1 aromatic carbocycles. The summed E-state index contributed by atoms with van der Waals surface area (Å²) in [6, 6.07) is 3.91. The number of para-hydroxylation sites is 1. The Bertz CT molecular complexity index is 527. The SMILES string of the molecule is O=[N+]([O-])c1c(F)cccc1NCc1ncc[nH]1. The van der Waals surface area contributed by atoms with Gasteiger partial charge in [0.05, 0.1) is 11.5 Å². The van der Waals surface area contributed by atoms with E-state index in [9.17, 15) is 14.5 Å². The van der Waals surface area contributed by atoms with E-state index in [1.807, 2.05) is 0 Å². The van der Waals surface area contributed by atoms with Gasteiger partial charge in [-0.2, -0.15) is 4.39 Å². The van der Waals surface area contributed by atoms with Gasteiger partial charge in [0.15, 0.2) is 0 Å². The second-order valence-electron chi connectivity index (χ2n) is 3.28. The first kappa shape index (κ1) is 11.1. The summed E-state index contributed by atoms with van der Waals surface area (Å²) in [4.78, 5) is 16.7. The Morgan fingerprint density at radius 1 is 1.53 bits per heavy atom. The zero-order valence-electron chi connectivity index (χ0n) is 8.68. The molecule has 17 heavy (non-hydrogen) atoms. The molecule has 0 bridgehead atoms. The maximum atomic E-state index is 13.3. The van der Waals surface area contributed by atoms with Gasteiger partial charge in [0.25, 0.3) is 0 Å². The van der Waals surface area contributed by atoms with Gasteiger partial charge in [-0.1, -0.05) is 6.07 Å². The van der Waals surface area contributed by atoms with E-state index < -0.39 is 16.4 Å². The van der Waals surface area contributed by atoms with Crippen LogP contribution in [0.15, 0.2) is 30.6 Å². The lowest BCUT2D eigenvalue weighted by Gasteiger charge is -2.05. The molecule has 0 saturated heterocycles. The van der Waals surface area contributed by atoms with E-state index in [0.29, 0.717) is 5.82 Å². The van der Waals surface area contributed by atoms with Crippen LogP contribution in [0.2, 0.25) is 0 Å². The van der Waals surface area contributed by atoms with Crippen molar-refractivity contribution in [2.24, 2.45) is 0 Å². The van der Waals surface area contributed by atoms with E-state index in [2.05, 4.69) is 15.3 Å². The standard InChI is InChI=1S/C10H9FN4O2/c11-7-2-1-3-8(10(7)15(16)17)14-6-9-12-4-5-13-9/h1-5,14H,6H2,(H,12,13). The molecule has 0 fully saturated rings. The van der Waals surface area contributed by atoms with Crippen LogP contribution in [0.1, 0.15) is 5.82 Å². The summed E-state index contributed by atoms with van der Waals surface area (Å²) in [6.07, 6.45) is 3.20. The number of nitro benzene ring substituents is 1. The van der Waals surface area contributed by atoms with Crippen LogP contribution in [0.25, 0.3) is 0 Å². The van der Waals surface area contributed by atoms with Crippen molar-refractivity contribution in [3.05, 3.63) is 52.3 Å². The largest absolute Gasteiger partial charge is 0.372 e. The van der Waals surface area contributed by atoms with Crippen molar-refractivity contribution < 1.29 is 9.31 Å². The van der Waals surface area contributed by atoms with Crippen LogP contribution in [-0.2, 0) is 6.54 Å². The summed E-state index contributed by atoms with van der Waals surface area (Å²) < 4.78 is 13.3. The average molecular weight is 236 g/mol. The van der Waals surface area contributed by atoms with Gasteiger partial charge in [-0.15, -0.1) is 0 Å². The molecule has 0 amide bonds. The number of hydrogen-bond acceptors (Lipinski definition) is 4. The molecule has 88 valence electrons. The molecule has 0 aliphatic carbocycles. The molecule has 0 aliphatic rings. The molecule has 7 heteroatoms. The lowest BCUT2D eigenvalue weighted by Crippen LogP contribution is -2.05. The van der Waals surface area contributed by atoms with E-state index >= 15 is 0 Å². The quantitative estimate of drug-likeness (QED) is 0.628. The van der Waals surface area contributed by atoms with Crippen molar-refractivity contribution >= 4 is 11.4 Å². The minimum atomic E-state index is -0.862. The Balaban J connectivity index is 2.21. The van der Waals surface area contributed by atoms with Gasteiger partial charge < -0.3 is 10.3 Å². The average Bonchev–Trinajstić information content (AvgIpc) is 2.78. The van der Waals surface area contributed by atoms with Crippen molar-refractivity contribution in [1.29, 1.82) is 0 Å². The number of H-pyrrole nitrogens is 1. The van der Waals surface area contributed by atoms with Crippen LogP contribution < -0.4 is 5.32 Å². The Morgan fingerprint density at radius 2 is 2.35 bits per heavy atom. The van der Waals surface area contributed by atoms with Crippen molar-refractivity contribution in [2.45, 2.75) is 6.54 Å². The monoisotopic (exact) mass is 236 g/mol. The first-order chi connectivity index (χ1) is 8.18. The van der Waals surface area contributed by atoms with E-state index in [1.165, 1.54) is 12.1 Å². The third-order valence-electron chi connectivity index (χ3n) is 2.17. The van der Waals surface area contributed by atoms with Crippen LogP contribution in [-0.4, -0.2) is 14.9 Å². The van der Waals surface area contributed by atoms with E-state index in [0.717, 1.165) is 6.07 Å². The third kappa shape index (κ3) is 2.39. The second kappa shape index (κ2) is 4.60. The predicted octanol–water partition coefficient (Wildman–Crippen LogP) is 2.07. The van der Waals surface area contributed by atoms with Gasteiger partial charge >= 0.3 is 5.69 Å². The molecule has 0 saturated carbocycles. The summed E-state index contributed by atoms with van der Waals surface area (Å²) in [6.45, 7) is 0.261. The molecule has 1 heterocycles. The highest BCUT2D eigenvalue weighted by Gasteiger charge is 2.19. The molecular formula is C10H9FN4O2. The number of aromatic amines is 1. The van der Waals surface area contributed by atoms with Gasteiger partial charge in [0.2, 0.25) is 5.82 Å². The summed E-state index contributed by atoms with van der Waals surface area (Å²) in [5, 5.41) is 13.5. The van der Waals surface area contributed by atoms with Crippen molar-refractivity contribution in [1.82, 2.24) is 9.97 Å². The van der Waals surface area contributed by atoms with E-state index in [4.69, 9.17) is 0 Å². The van der Waals surface area contributed by atoms with Gasteiger partial charge in [0.1, 0.15) is 11.5 Å². The second-order valence-corrected chi connectivity index (χ2v) is 3.28. The Kier molecular flexibility index (Phi) is 2.99. The minimum absolute atomic E-state index is 0.131. The van der Waals surface area contributed by atoms with Gasteiger partial charge in [0, 0.05) is 12.4 Å². The number of anilines is 1. The van der Waals surface area contributed by atoms with Gasteiger partial charge in [-0.3, -0.25) is 10.1 Å². The van der Waals surface area contributed by atoms with Crippen molar-refractivity contribution in [3.8, 4) is 0 Å². The van der Waals surface area contributed by atoms with Crippen molar-refractivity contribution in [3.63, 3.8) is 0 Å². The molecule has 0 spiro atoms. The summed E-state index contributed by atoms with van der Waals surface area (Å²) >= 11 is 0. The molecule has 0 atom stereocenters. The summed E-state index contributed by atoms with van der Waals surface area (Å²) in [5.74, 6) is -0.247. The number of halogens is 1. The Labute approximate surface area is 95.7 Å². The minimum Gasteiger partial charge on any atom is -0.372 e. The molecule has 0 radical (unpaired) electrons. The first-order valence-electron chi connectivity index (χ1n) is 4.83. The summed E-state index contributed by atoms with van der Waals surface area (Å²) in [7, 11) is 0. The number of nitrogens with zero attached hydrogens (tertiary/aromatic N) is 2. The molecule has 6 nitrogen and oxygen atoms in total. The fourth-order valence-electron chi connectivity index (χ4n) is 1.42. The molecule has 1 aromatic heterocycles. The number of nitrogens with one attached hydrogen (secondary N) is 2. The molecule has 2 aromatic rings. The molecule has 2 rings (SSSR count). The molecule has 0 aliphatic heterocycles. The smallest absolute Gasteiger partial charge is 0.327 e. The lowest BCUT2D eigenvalue weighted by molar-refractivity contribution is -0.386. The lowest BCUT2D eigenvalue weighted by atomic mass is 10.2. The third-order valence-corrected chi connectivity index (χ3v) is 2.17. The zero-order valence-corrected chi connectivity index (χ0v) is 8.68. The van der Waals surface area contributed by atoms with E-state index in [-0.39, 0.29) is 12.2 Å². The number of aromatic nitrogens is 2. The maximum Gasteiger partial charge on any atom is 0.327 e. The normalized spacial score (nSPS) is 10.2. The van der Waals surface area contributed by atoms with E-state index in [1.54, 1.807) is 12.4 Å². The topological polar surface area (TPSA) is 83.8 Å². The number of nitro groups is 1.